The largest absolute Gasteiger partial charge is 0.479 e. The van der Waals surface area contributed by atoms with Crippen LogP contribution in [0.4, 0.5) is 0 Å². The Morgan fingerprint density at radius 2 is 1.82 bits per heavy atom. The summed E-state index contributed by atoms with van der Waals surface area (Å²) in [6, 6.07) is 0. The Labute approximate surface area is 225 Å². The van der Waals surface area contributed by atoms with Crippen LogP contribution in [0.15, 0.2) is 16.8 Å². The molecule has 0 aromatic heterocycles. The van der Waals surface area contributed by atoms with Crippen LogP contribution in [-0.2, 0) is 19.2 Å². The van der Waals surface area contributed by atoms with Crippen LogP contribution in [0.25, 0.3) is 0 Å². The Morgan fingerprint density at radius 1 is 1.13 bits per heavy atom. The molecule has 3 fully saturated rings. The van der Waals surface area contributed by atoms with Gasteiger partial charge in [-0.2, -0.15) is 0 Å². The zero-order valence-corrected chi connectivity index (χ0v) is 23.4. The second-order valence-corrected chi connectivity index (χ2v) is 13.3. The van der Waals surface area contributed by atoms with Crippen LogP contribution in [0, 0.1) is 34.0 Å². The van der Waals surface area contributed by atoms with Gasteiger partial charge in [-0.25, -0.2) is 4.79 Å². The van der Waals surface area contributed by atoms with Crippen molar-refractivity contribution in [3.05, 3.63) is 11.6 Å². The van der Waals surface area contributed by atoms with E-state index in [0.717, 1.165) is 50.7 Å². The first-order valence-electron chi connectivity index (χ1n) is 14.0. The standard InChI is InChI=1S/C29H44N2O7/c1-17(32)29(37)13-10-22-20-7-6-18-14-19(8-11-27(18,4)21(20)9-12-28(22,29)5)31-38-15-23(33)30-16-26(2,3)24(34)25(35)36/h14,20-22,24,34,37H,6-13,15-16H2,1-5H3,(H,30,33)(H,35,36)/b31-19+/t20-,21+,22+,24-,27+,28+,29+/m1/s1. The Morgan fingerprint density at radius 3 is 2.47 bits per heavy atom. The minimum atomic E-state index is -1.59. The molecule has 4 aliphatic carbocycles. The number of carbonyl (C=O) groups is 3. The quantitative estimate of drug-likeness (QED) is 0.351. The molecule has 9 heteroatoms. The lowest BCUT2D eigenvalue weighted by molar-refractivity contribution is -0.159. The molecule has 4 rings (SSSR count). The summed E-state index contributed by atoms with van der Waals surface area (Å²) in [5.74, 6) is -0.453. The van der Waals surface area contributed by atoms with Crippen molar-refractivity contribution < 1.29 is 34.5 Å². The van der Waals surface area contributed by atoms with Gasteiger partial charge in [-0.1, -0.05) is 38.4 Å². The van der Waals surface area contributed by atoms with Gasteiger partial charge < -0.3 is 25.5 Å². The van der Waals surface area contributed by atoms with E-state index in [2.05, 4.69) is 30.4 Å². The minimum absolute atomic E-state index is 0.00590. The highest BCUT2D eigenvalue weighted by Gasteiger charge is 2.65. The highest BCUT2D eigenvalue weighted by molar-refractivity contribution is 5.96. The fourth-order valence-corrected chi connectivity index (χ4v) is 8.22. The summed E-state index contributed by atoms with van der Waals surface area (Å²) < 4.78 is 0. The molecule has 7 atom stereocenters. The van der Waals surface area contributed by atoms with E-state index in [4.69, 9.17) is 9.94 Å². The number of aliphatic carboxylic acids is 1. The number of carboxylic acids is 1. The number of ketones is 1. The molecule has 0 aromatic rings. The number of hydrogen-bond acceptors (Lipinski definition) is 7. The highest BCUT2D eigenvalue weighted by atomic mass is 16.6. The minimum Gasteiger partial charge on any atom is -0.479 e. The molecule has 1 amide bonds. The third-order valence-electron chi connectivity index (χ3n) is 10.8. The van der Waals surface area contributed by atoms with Crippen molar-refractivity contribution in [2.45, 2.75) is 97.7 Å². The Bertz CT molecular complexity index is 1050. The van der Waals surface area contributed by atoms with E-state index >= 15 is 0 Å². The van der Waals surface area contributed by atoms with Crippen molar-refractivity contribution in [2.24, 2.45) is 39.2 Å². The van der Waals surface area contributed by atoms with E-state index < -0.39 is 29.0 Å². The molecule has 0 radical (unpaired) electrons. The van der Waals surface area contributed by atoms with Gasteiger partial charge in [0.2, 0.25) is 0 Å². The molecule has 0 saturated heterocycles. The number of fused-ring (bicyclic) bond motifs is 5. The molecular weight excluding hydrogens is 488 g/mol. The van der Waals surface area contributed by atoms with E-state index in [9.17, 15) is 24.6 Å². The fraction of sp³-hybridized carbons (Fsp3) is 0.793. The Balaban J connectivity index is 1.37. The first kappa shape index (κ1) is 28.7. The van der Waals surface area contributed by atoms with Crippen LogP contribution in [-0.4, -0.2) is 63.5 Å². The van der Waals surface area contributed by atoms with Crippen LogP contribution in [0.2, 0.25) is 0 Å². The number of carboxylic acid groups (broad SMARTS) is 1. The van der Waals surface area contributed by atoms with Crippen molar-refractivity contribution in [1.29, 1.82) is 0 Å². The number of nitrogens with one attached hydrogen (secondary N) is 1. The molecule has 0 aliphatic heterocycles. The number of hydrogen-bond donors (Lipinski definition) is 4. The third kappa shape index (κ3) is 4.70. The molecule has 0 spiro atoms. The summed E-state index contributed by atoms with van der Waals surface area (Å²) in [7, 11) is 0. The molecule has 9 nitrogen and oxygen atoms in total. The predicted octanol–water partition coefficient (Wildman–Crippen LogP) is 3.23. The van der Waals surface area contributed by atoms with Crippen molar-refractivity contribution in [1.82, 2.24) is 5.32 Å². The van der Waals surface area contributed by atoms with Crippen molar-refractivity contribution in [3.8, 4) is 0 Å². The summed E-state index contributed by atoms with van der Waals surface area (Å²) in [5, 5.41) is 36.9. The lowest BCUT2D eigenvalue weighted by atomic mass is 9.46. The molecule has 0 aromatic carbocycles. The van der Waals surface area contributed by atoms with Gasteiger partial charge in [-0.15, -0.1) is 0 Å². The van der Waals surface area contributed by atoms with Gasteiger partial charge in [0.1, 0.15) is 5.60 Å². The zero-order valence-electron chi connectivity index (χ0n) is 23.4. The fourth-order valence-electron chi connectivity index (χ4n) is 8.22. The van der Waals surface area contributed by atoms with Crippen LogP contribution in [0.1, 0.15) is 86.0 Å². The number of Topliss-reactive ketones (excluding diaryl/α,β-unsaturated/α-hetero) is 1. The zero-order chi connectivity index (χ0) is 28.1. The number of amides is 1. The monoisotopic (exact) mass is 532 g/mol. The smallest absolute Gasteiger partial charge is 0.333 e. The SMILES string of the molecule is CC(=O)[C@@]1(O)CC[C@H]2[C@@H]3CCC4=C/C(=N/OCC(=O)NCC(C)(C)[C@H](O)C(=O)O)CC[C@]4(C)[C@H]3CC[C@@]21C. The predicted molar refractivity (Wildman–Crippen MR) is 141 cm³/mol. The van der Waals surface area contributed by atoms with Gasteiger partial charge in [0.15, 0.2) is 18.5 Å². The number of aliphatic hydroxyl groups is 2. The van der Waals surface area contributed by atoms with E-state index in [1.54, 1.807) is 20.8 Å². The lowest BCUT2D eigenvalue weighted by Crippen LogP contribution is -2.57. The second-order valence-electron chi connectivity index (χ2n) is 13.3. The summed E-state index contributed by atoms with van der Waals surface area (Å²) in [5.41, 5.74) is -0.295. The number of carbonyl (C=O) groups excluding carboxylic acids is 2. The number of aliphatic hydroxyl groups excluding tert-OH is 1. The Kier molecular flexibility index (Phi) is 7.60. The number of oxime groups is 1. The highest BCUT2D eigenvalue weighted by Crippen LogP contribution is 2.67. The van der Waals surface area contributed by atoms with Crippen molar-refractivity contribution in [3.63, 3.8) is 0 Å². The summed E-state index contributed by atoms with van der Waals surface area (Å²) >= 11 is 0. The van der Waals surface area contributed by atoms with Crippen LogP contribution >= 0.6 is 0 Å². The first-order chi connectivity index (χ1) is 17.7. The normalized spacial score (nSPS) is 38.3. The van der Waals surface area contributed by atoms with Gasteiger partial charge in [0.05, 0.1) is 5.71 Å². The third-order valence-corrected chi connectivity index (χ3v) is 10.8. The van der Waals surface area contributed by atoms with Gasteiger partial charge >= 0.3 is 5.97 Å². The number of nitrogens with zero attached hydrogens (tertiary/aromatic N) is 1. The van der Waals surface area contributed by atoms with E-state index in [-0.39, 0.29) is 29.8 Å². The van der Waals surface area contributed by atoms with E-state index in [0.29, 0.717) is 24.2 Å². The van der Waals surface area contributed by atoms with Gasteiger partial charge in [-0.3, -0.25) is 9.59 Å². The van der Waals surface area contributed by atoms with Crippen LogP contribution < -0.4 is 5.32 Å². The molecule has 0 unspecified atom stereocenters. The van der Waals surface area contributed by atoms with E-state index in [1.165, 1.54) is 5.57 Å². The molecular formula is C29H44N2O7. The number of allylic oxidation sites excluding steroid dienone is 2. The van der Waals surface area contributed by atoms with Gasteiger partial charge in [0, 0.05) is 17.4 Å². The van der Waals surface area contributed by atoms with Crippen molar-refractivity contribution in [2.75, 3.05) is 13.2 Å². The maximum absolute atomic E-state index is 12.4. The van der Waals surface area contributed by atoms with Crippen LogP contribution in [0.5, 0.6) is 0 Å². The average molecular weight is 533 g/mol. The lowest BCUT2D eigenvalue weighted by Gasteiger charge is -2.59. The maximum Gasteiger partial charge on any atom is 0.333 e. The van der Waals surface area contributed by atoms with Crippen LogP contribution in [0.3, 0.4) is 0 Å². The summed E-state index contributed by atoms with van der Waals surface area (Å²) in [6.45, 7) is 8.89. The average Bonchev–Trinajstić information content (AvgIpc) is 3.14. The summed E-state index contributed by atoms with van der Waals surface area (Å²) in [6.07, 6.45) is 7.64. The molecule has 4 aliphatic rings. The molecule has 38 heavy (non-hydrogen) atoms. The van der Waals surface area contributed by atoms with E-state index in [1.807, 2.05) is 0 Å². The first-order valence-corrected chi connectivity index (χ1v) is 14.0. The van der Waals surface area contributed by atoms with Crippen molar-refractivity contribution >= 4 is 23.4 Å². The topological polar surface area (TPSA) is 146 Å². The number of rotatable bonds is 8. The maximum atomic E-state index is 12.4. The molecule has 0 bridgehead atoms. The molecule has 3 saturated carbocycles. The summed E-state index contributed by atoms with van der Waals surface area (Å²) in [4.78, 5) is 41.0. The molecule has 212 valence electrons. The van der Waals surface area contributed by atoms with Gasteiger partial charge in [-0.05, 0) is 87.5 Å². The molecule has 0 heterocycles. The molecule has 4 N–H and O–H groups in total. The van der Waals surface area contributed by atoms with Gasteiger partial charge in [0.25, 0.3) is 5.91 Å². The second kappa shape index (κ2) is 10.0. The Hall–Kier alpha value is -2.26.